The maximum absolute atomic E-state index is 11.0. The van der Waals surface area contributed by atoms with E-state index in [0.29, 0.717) is 30.3 Å². The van der Waals surface area contributed by atoms with Crippen LogP contribution in [0.1, 0.15) is 72.1 Å². The highest BCUT2D eigenvalue weighted by Gasteiger charge is 2.63. The second-order valence-electron chi connectivity index (χ2n) is 9.59. The van der Waals surface area contributed by atoms with E-state index in [-0.39, 0.29) is 10.8 Å². The average Bonchev–Trinajstić information content (AvgIpc) is 2.77. The molecular formula is C21H34O2. The third-order valence-corrected chi connectivity index (χ3v) is 9.14. The number of aliphatic hydroxyl groups excluding tert-OH is 1. The Balaban J connectivity index is 1.74. The minimum Gasteiger partial charge on any atom is -0.395 e. The molecule has 2 heteroatoms. The quantitative estimate of drug-likeness (QED) is 0.707. The monoisotopic (exact) mass is 318 g/mol. The summed E-state index contributed by atoms with van der Waals surface area (Å²) in [5.41, 5.74) is 1.22. The number of allylic oxidation sites excluding steroid dienone is 1. The van der Waals surface area contributed by atoms with Gasteiger partial charge in [0.2, 0.25) is 0 Å². The standard InChI is InChI=1S/C21H34O2/c1-14-5-4-6-15-7-8-16-17-10-12-20(3,23)19(17,2)11-9-18(16)21(14,15)13-22/h6,14,16-18,22-23H,4-5,7-13H2,1-3H3/t14-,16-,17-,18-,19-,20-,21-/m0/s1. The van der Waals surface area contributed by atoms with Gasteiger partial charge in [-0.05, 0) is 87.4 Å². The number of aliphatic hydroxyl groups is 2. The molecule has 130 valence electrons. The van der Waals surface area contributed by atoms with Gasteiger partial charge in [-0.2, -0.15) is 0 Å². The number of hydrogen-bond acceptors (Lipinski definition) is 2. The zero-order valence-corrected chi connectivity index (χ0v) is 15.1. The zero-order chi connectivity index (χ0) is 16.5. The number of rotatable bonds is 1. The first-order valence-corrected chi connectivity index (χ1v) is 9.89. The Labute approximate surface area is 141 Å². The van der Waals surface area contributed by atoms with Gasteiger partial charge in [0.05, 0.1) is 12.2 Å². The van der Waals surface area contributed by atoms with Gasteiger partial charge in [-0.1, -0.05) is 25.5 Å². The molecule has 0 spiro atoms. The van der Waals surface area contributed by atoms with Gasteiger partial charge in [0.25, 0.3) is 0 Å². The zero-order valence-electron chi connectivity index (χ0n) is 15.1. The second-order valence-corrected chi connectivity index (χ2v) is 9.59. The first-order valence-electron chi connectivity index (χ1n) is 9.89. The van der Waals surface area contributed by atoms with Gasteiger partial charge in [-0.25, -0.2) is 0 Å². The van der Waals surface area contributed by atoms with Crippen LogP contribution < -0.4 is 0 Å². The first kappa shape index (κ1) is 16.1. The van der Waals surface area contributed by atoms with Crippen molar-refractivity contribution in [3.63, 3.8) is 0 Å². The van der Waals surface area contributed by atoms with Gasteiger partial charge in [0.15, 0.2) is 0 Å². The fourth-order valence-corrected chi connectivity index (χ4v) is 7.48. The van der Waals surface area contributed by atoms with Gasteiger partial charge in [0.1, 0.15) is 0 Å². The normalized spacial score (nSPS) is 55.6. The van der Waals surface area contributed by atoms with Crippen molar-refractivity contribution in [2.75, 3.05) is 6.61 Å². The molecule has 23 heavy (non-hydrogen) atoms. The van der Waals surface area contributed by atoms with Crippen molar-refractivity contribution in [2.24, 2.45) is 34.5 Å². The summed E-state index contributed by atoms with van der Waals surface area (Å²) in [6.07, 6.45) is 11.8. The highest BCUT2D eigenvalue weighted by atomic mass is 16.3. The van der Waals surface area contributed by atoms with E-state index in [0.717, 1.165) is 12.8 Å². The van der Waals surface area contributed by atoms with Crippen molar-refractivity contribution in [3.8, 4) is 0 Å². The molecule has 0 radical (unpaired) electrons. The minimum absolute atomic E-state index is 0.0525. The lowest BCUT2D eigenvalue weighted by molar-refractivity contribution is -0.134. The van der Waals surface area contributed by atoms with Crippen molar-refractivity contribution >= 4 is 0 Å². The van der Waals surface area contributed by atoms with E-state index in [9.17, 15) is 10.2 Å². The summed E-state index contributed by atoms with van der Waals surface area (Å²) in [7, 11) is 0. The van der Waals surface area contributed by atoms with Crippen LogP contribution in [0.15, 0.2) is 11.6 Å². The largest absolute Gasteiger partial charge is 0.395 e. The molecule has 0 heterocycles. The molecule has 2 nitrogen and oxygen atoms in total. The van der Waals surface area contributed by atoms with Crippen molar-refractivity contribution in [2.45, 2.75) is 77.7 Å². The Kier molecular flexibility index (Phi) is 3.57. The average molecular weight is 319 g/mol. The van der Waals surface area contributed by atoms with Crippen LogP contribution in [0.5, 0.6) is 0 Å². The molecule has 0 aromatic carbocycles. The molecule has 2 N–H and O–H groups in total. The predicted octanol–water partition coefficient (Wildman–Crippen LogP) is 4.31. The molecule has 4 aliphatic carbocycles. The highest BCUT2D eigenvalue weighted by Crippen LogP contribution is 2.68. The molecule has 0 bridgehead atoms. The van der Waals surface area contributed by atoms with E-state index in [1.807, 2.05) is 0 Å². The van der Waals surface area contributed by atoms with Crippen molar-refractivity contribution < 1.29 is 10.2 Å². The molecule has 0 amide bonds. The molecule has 4 rings (SSSR count). The Hall–Kier alpha value is -0.340. The predicted molar refractivity (Wildman–Crippen MR) is 92.9 cm³/mol. The van der Waals surface area contributed by atoms with Crippen LogP contribution in [-0.4, -0.2) is 22.4 Å². The fraction of sp³-hybridized carbons (Fsp3) is 0.905. The van der Waals surface area contributed by atoms with Gasteiger partial charge in [-0.15, -0.1) is 0 Å². The van der Waals surface area contributed by atoms with E-state index in [2.05, 4.69) is 26.8 Å². The minimum atomic E-state index is -0.497. The van der Waals surface area contributed by atoms with Crippen LogP contribution in [0.2, 0.25) is 0 Å². The molecule has 0 aromatic heterocycles. The Morgan fingerprint density at radius 2 is 1.83 bits per heavy atom. The maximum Gasteiger partial charge on any atom is 0.0675 e. The summed E-state index contributed by atoms with van der Waals surface area (Å²) in [5, 5.41) is 21.5. The van der Waals surface area contributed by atoms with Crippen LogP contribution in [0.25, 0.3) is 0 Å². The van der Waals surface area contributed by atoms with E-state index in [4.69, 9.17) is 0 Å². The summed E-state index contributed by atoms with van der Waals surface area (Å²) in [5.74, 6) is 2.59. The highest BCUT2D eigenvalue weighted by molar-refractivity contribution is 5.27. The van der Waals surface area contributed by atoms with Crippen molar-refractivity contribution in [1.82, 2.24) is 0 Å². The Bertz CT molecular complexity index is 522. The number of fused-ring (bicyclic) bond motifs is 5. The van der Waals surface area contributed by atoms with Gasteiger partial charge >= 0.3 is 0 Å². The molecular weight excluding hydrogens is 284 g/mol. The molecule has 4 aliphatic rings. The molecule has 3 fully saturated rings. The van der Waals surface area contributed by atoms with Gasteiger partial charge in [0, 0.05) is 5.41 Å². The van der Waals surface area contributed by atoms with Gasteiger partial charge in [-0.3, -0.25) is 0 Å². The van der Waals surface area contributed by atoms with Gasteiger partial charge < -0.3 is 10.2 Å². The van der Waals surface area contributed by atoms with Crippen LogP contribution in [0, 0.1) is 34.5 Å². The van der Waals surface area contributed by atoms with Crippen LogP contribution in [-0.2, 0) is 0 Å². The van der Waals surface area contributed by atoms with E-state index in [1.54, 1.807) is 5.57 Å². The summed E-state index contributed by atoms with van der Waals surface area (Å²) in [6.45, 7) is 7.14. The fourth-order valence-electron chi connectivity index (χ4n) is 7.48. The van der Waals surface area contributed by atoms with Crippen LogP contribution >= 0.6 is 0 Å². The lowest BCUT2D eigenvalue weighted by Gasteiger charge is -2.61. The molecule has 0 unspecified atom stereocenters. The van der Waals surface area contributed by atoms with E-state index in [1.165, 1.54) is 38.5 Å². The smallest absolute Gasteiger partial charge is 0.0675 e. The molecule has 0 aromatic rings. The van der Waals surface area contributed by atoms with E-state index >= 15 is 0 Å². The maximum atomic E-state index is 11.0. The first-order chi connectivity index (χ1) is 10.9. The molecule has 3 saturated carbocycles. The second kappa shape index (κ2) is 5.08. The molecule has 7 atom stereocenters. The Morgan fingerprint density at radius 1 is 1.09 bits per heavy atom. The van der Waals surface area contributed by atoms with Crippen LogP contribution in [0.4, 0.5) is 0 Å². The molecule has 0 saturated heterocycles. The topological polar surface area (TPSA) is 40.5 Å². The summed E-state index contributed by atoms with van der Waals surface area (Å²) in [4.78, 5) is 0. The summed E-state index contributed by atoms with van der Waals surface area (Å²) in [6, 6.07) is 0. The number of hydrogen-bond donors (Lipinski definition) is 2. The van der Waals surface area contributed by atoms with Crippen molar-refractivity contribution in [3.05, 3.63) is 11.6 Å². The molecule has 0 aliphatic heterocycles. The third-order valence-electron chi connectivity index (χ3n) is 9.14. The lowest BCUT2D eigenvalue weighted by Crippen LogP contribution is -2.57. The summed E-state index contributed by atoms with van der Waals surface area (Å²) >= 11 is 0. The van der Waals surface area contributed by atoms with Crippen molar-refractivity contribution in [1.29, 1.82) is 0 Å². The van der Waals surface area contributed by atoms with Crippen LogP contribution in [0.3, 0.4) is 0 Å². The third kappa shape index (κ3) is 1.88. The lowest BCUT2D eigenvalue weighted by atomic mass is 9.44. The van der Waals surface area contributed by atoms with E-state index < -0.39 is 5.60 Å². The summed E-state index contributed by atoms with van der Waals surface area (Å²) < 4.78 is 0. The Morgan fingerprint density at radius 3 is 2.57 bits per heavy atom. The SMILES string of the molecule is C[C@H]1CCC=C2CC[C@@H]3[C@H](CC[C@@]4(C)[C@H]3CC[C@]4(C)O)[C@]21CO.